The summed E-state index contributed by atoms with van der Waals surface area (Å²) < 4.78 is 5.55. The Hall–Kier alpha value is -1.75. The van der Waals surface area contributed by atoms with E-state index in [1.54, 1.807) is 6.08 Å². The first-order chi connectivity index (χ1) is 12.3. The number of fused-ring (bicyclic) bond motifs is 9. The molecule has 0 radical (unpaired) electrons. The van der Waals surface area contributed by atoms with Crippen molar-refractivity contribution in [2.75, 3.05) is 0 Å². The maximum atomic E-state index is 13.3. The van der Waals surface area contributed by atoms with Gasteiger partial charge in [0.05, 0.1) is 0 Å². The first-order valence-electron chi connectivity index (χ1n) is 9.63. The van der Waals surface area contributed by atoms with Gasteiger partial charge in [-0.05, 0) is 42.2 Å². The Morgan fingerprint density at radius 2 is 1.88 bits per heavy atom. The fourth-order valence-corrected chi connectivity index (χ4v) is 6.99. The summed E-state index contributed by atoms with van der Waals surface area (Å²) in [5.41, 5.74) is 1.01. The maximum Gasteiger partial charge on any atom is 0.331 e. The summed E-state index contributed by atoms with van der Waals surface area (Å²) in [5, 5.41) is 10.7. The number of ether oxygens (including phenoxy) is 1. The van der Waals surface area contributed by atoms with Gasteiger partial charge in [-0.25, -0.2) is 4.79 Å². The summed E-state index contributed by atoms with van der Waals surface area (Å²) in [7, 11) is 0. The van der Waals surface area contributed by atoms with Gasteiger partial charge in [-0.2, -0.15) is 0 Å². The highest BCUT2D eigenvalue weighted by molar-refractivity contribution is 5.93. The predicted octanol–water partition coefficient (Wildman–Crippen LogP) is 2.13. The zero-order chi connectivity index (χ0) is 18.4. The van der Waals surface area contributed by atoms with Crippen LogP contribution in [0, 0.1) is 28.6 Å². The van der Waals surface area contributed by atoms with Crippen LogP contribution in [0.15, 0.2) is 23.3 Å². The van der Waals surface area contributed by atoms with Crippen LogP contribution in [0.2, 0.25) is 0 Å². The molecule has 1 aliphatic heterocycles. The van der Waals surface area contributed by atoms with E-state index in [1.807, 2.05) is 6.92 Å². The van der Waals surface area contributed by atoms with Crippen molar-refractivity contribution in [2.45, 2.75) is 58.2 Å². The molecule has 5 aliphatic rings. The summed E-state index contributed by atoms with van der Waals surface area (Å²) in [5.74, 6) is -0.137. The molecule has 7 atom stereocenters. The second-order valence-electron chi connectivity index (χ2n) is 9.27. The summed E-state index contributed by atoms with van der Waals surface area (Å²) in [4.78, 5) is 37.2. The molecule has 26 heavy (non-hydrogen) atoms. The van der Waals surface area contributed by atoms with Crippen LogP contribution in [-0.4, -0.2) is 34.9 Å². The fraction of sp³-hybridized carbons (Fsp3) is 0.667. The lowest BCUT2D eigenvalue weighted by Gasteiger charge is -2.56. The van der Waals surface area contributed by atoms with Gasteiger partial charge in [0.25, 0.3) is 0 Å². The molecule has 138 valence electrons. The molecule has 0 aromatic carbocycles. The van der Waals surface area contributed by atoms with Gasteiger partial charge in [0.2, 0.25) is 0 Å². The average molecular weight is 356 g/mol. The van der Waals surface area contributed by atoms with Gasteiger partial charge in [0.1, 0.15) is 18.0 Å². The molecule has 3 saturated carbocycles. The highest BCUT2D eigenvalue weighted by atomic mass is 16.6. The number of Topliss-reactive ketones (excluding diaryl/α,β-unsaturated/α-hetero) is 1. The molecule has 1 heterocycles. The molecule has 4 aliphatic carbocycles. The molecule has 0 amide bonds. The van der Waals surface area contributed by atoms with E-state index in [4.69, 9.17) is 4.74 Å². The third-order valence-corrected chi connectivity index (χ3v) is 8.08. The van der Waals surface area contributed by atoms with E-state index in [-0.39, 0.29) is 34.7 Å². The number of aliphatic hydroxyl groups is 1. The lowest BCUT2D eigenvalue weighted by Crippen LogP contribution is -2.56. The molecule has 0 aromatic rings. The van der Waals surface area contributed by atoms with Crippen LogP contribution in [0.3, 0.4) is 0 Å². The zero-order valence-electron chi connectivity index (χ0n) is 15.2. The number of aliphatic hydroxyl groups excluding tert-OH is 1. The molecule has 3 fully saturated rings. The second kappa shape index (κ2) is 4.94. The maximum absolute atomic E-state index is 13.3. The number of hydrogen-bond acceptors (Lipinski definition) is 5. The topological polar surface area (TPSA) is 80.7 Å². The lowest BCUT2D eigenvalue weighted by molar-refractivity contribution is -0.161. The molecule has 2 unspecified atom stereocenters. The molecular weight excluding hydrogens is 332 g/mol. The fourth-order valence-electron chi connectivity index (χ4n) is 6.99. The van der Waals surface area contributed by atoms with Crippen molar-refractivity contribution in [3.63, 3.8) is 0 Å². The predicted molar refractivity (Wildman–Crippen MR) is 91.8 cm³/mol. The average Bonchev–Trinajstić information content (AvgIpc) is 2.69. The zero-order valence-corrected chi connectivity index (χ0v) is 15.2. The largest absolute Gasteiger partial charge is 0.456 e. The number of ketones is 2. The van der Waals surface area contributed by atoms with Crippen molar-refractivity contribution in [2.24, 2.45) is 28.6 Å². The molecule has 0 saturated heterocycles. The monoisotopic (exact) mass is 356 g/mol. The van der Waals surface area contributed by atoms with E-state index in [2.05, 4.69) is 6.92 Å². The molecule has 0 spiro atoms. The van der Waals surface area contributed by atoms with Crippen molar-refractivity contribution in [3.8, 4) is 0 Å². The number of hydrogen-bond donors (Lipinski definition) is 1. The molecule has 5 heteroatoms. The molecule has 2 bridgehead atoms. The Balaban J connectivity index is 1.63. The highest BCUT2D eigenvalue weighted by Gasteiger charge is 2.67. The molecule has 5 rings (SSSR count). The first kappa shape index (κ1) is 16.4. The standard InChI is InChI=1S/C21H24O5/c1-20-6-5-11(22)7-10(20)3-4-12-16(20)14(23)9-21(2)13-8-15(24)26-19(17(12)21)18(13)25/h7-8,12,16-19,25H,3-6,9H2,1-2H3/t12-,16-,17-,18?,19?,20+,21-/m1/s1. The number of allylic oxidation sites excluding steroid dienone is 1. The van der Waals surface area contributed by atoms with Crippen LogP contribution < -0.4 is 0 Å². The van der Waals surface area contributed by atoms with Gasteiger partial charge in [-0.15, -0.1) is 0 Å². The quantitative estimate of drug-likeness (QED) is 0.673. The minimum absolute atomic E-state index is 0.0334. The van der Waals surface area contributed by atoms with Crippen molar-refractivity contribution < 1.29 is 24.2 Å². The molecule has 0 aromatic heterocycles. The van der Waals surface area contributed by atoms with E-state index in [0.717, 1.165) is 18.4 Å². The summed E-state index contributed by atoms with van der Waals surface area (Å²) in [6.07, 6.45) is 4.98. The Kier molecular flexibility index (Phi) is 3.12. The lowest BCUT2D eigenvalue weighted by atomic mass is 9.46. The van der Waals surface area contributed by atoms with E-state index in [9.17, 15) is 19.5 Å². The van der Waals surface area contributed by atoms with Gasteiger partial charge in [0, 0.05) is 36.2 Å². The normalized spacial score (nSPS) is 49.5. The number of esters is 1. The smallest absolute Gasteiger partial charge is 0.331 e. The SMILES string of the molecule is C[C@]12CCC(=O)C=C1CC[C@@H]1[C@@H]2C(=O)C[C@]2(C)C3=CC(=O)OC(C3O)[C@@H]12. The Bertz CT molecular complexity index is 807. The summed E-state index contributed by atoms with van der Waals surface area (Å²) in [6, 6.07) is 0. The Labute approximate surface area is 152 Å². The van der Waals surface area contributed by atoms with E-state index in [0.29, 0.717) is 24.8 Å². The Morgan fingerprint density at radius 1 is 1.12 bits per heavy atom. The van der Waals surface area contributed by atoms with E-state index < -0.39 is 23.6 Å². The van der Waals surface area contributed by atoms with Crippen LogP contribution in [0.5, 0.6) is 0 Å². The van der Waals surface area contributed by atoms with Gasteiger partial charge < -0.3 is 9.84 Å². The molecular formula is C21H24O5. The minimum atomic E-state index is -0.799. The van der Waals surface area contributed by atoms with Crippen molar-refractivity contribution >= 4 is 17.5 Å². The number of carbonyl (C=O) groups is 3. The third-order valence-electron chi connectivity index (χ3n) is 8.08. The highest BCUT2D eigenvalue weighted by Crippen LogP contribution is 2.66. The summed E-state index contributed by atoms with van der Waals surface area (Å²) in [6.45, 7) is 4.15. The molecule has 5 nitrogen and oxygen atoms in total. The van der Waals surface area contributed by atoms with Gasteiger partial charge in [0.15, 0.2) is 5.78 Å². The van der Waals surface area contributed by atoms with Crippen LogP contribution >= 0.6 is 0 Å². The molecule has 1 N–H and O–H groups in total. The number of rotatable bonds is 0. The van der Waals surface area contributed by atoms with E-state index in [1.165, 1.54) is 6.08 Å². The van der Waals surface area contributed by atoms with Crippen LogP contribution in [0.4, 0.5) is 0 Å². The first-order valence-corrected chi connectivity index (χ1v) is 9.63. The van der Waals surface area contributed by atoms with E-state index >= 15 is 0 Å². The van der Waals surface area contributed by atoms with Crippen LogP contribution in [-0.2, 0) is 19.1 Å². The van der Waals surface area contributed by atoms with Crippen molar-refractivity contribution in [3.05, 3.63) is 23.3 Å². The Morgan fingerprint density at radius 3 is 2.65 bits per heavy atom. The van der Waals surface area contributed by atoms with Gasteiger partial charge in [-0.1, -0.05) is 19.4 Å². The van der Waals surface area contributed by atoms with Crippen LogP contribution in [0.25, 0.3) is 0 Å². The third kappa shape index (κ3) is 1.82. The second-order valence-corrected chi connectivity index (χ2v) is 9.27. The van der Waals surface area contributed by atoms with Crippen LogP contribution in [0.1, 0.15) is 46.0 Å². The summed E-state index contributed by atoms with van der Waals surface area (Å²) >= 11 is 0. The van der Waals surface area contributed by atoms with Crippen molar-refractivity contribution in [1.82, 2.24) is 0 Å². The van der Waals surface area contributed by atoms with Gasteiger partial charge in [-0.3, -0.25) is 9.59 Å². The van der Waals surface area contributed by atoms with Gasteiger partial charge >= 0.3 is 5.97 Å². The number of carbonyl (C=O) groups excluding carboxylic acids is 3. The van der Waals surface area contributed by atoms with Crippen molar-refractivity contribution in [1.29, 1.82) is 0 Å². The minimum Gasteiger partial charge on any atom is -0.456 e.